The van der Waals surface area contributed by atoms with Gasteiger partial charge in [0.2, 0.25) is 0 Å². The van der Waals surface area contributed by atoms with Crippen molar-refractivity contribution in [3.05, 3.63) is 11.9 Å². The normalized spacial score (nSPS) is 15.0. The van der Waals surface area contributed by atoms with Crippen LogP contribution in [0.1, 0.15) is 31.3 Å². The number of rotatable bonds is 4. The Hall–Kier alpha value is -1.01. The van der Waals surface area contributed by atoms with Crippen molar-refractivity contribution >= 4 is 17.6 Å². The molecule has 1 unspecified atom stereocenters. The molecule has 6 heteroatoms. The molecule has 5 nitrogen and oxygen atoms in total. The topological polar surface area (TPSA) is 80.9 Å². The predicted molar refractivity (Wildman–Crippen MR) is 59.7 cm³/mol. The molecule has 3 N–H and O–H groups in total. The van der Waals surface area contributed by atoms with E-state index in [4.69, 9.17) is 5.73 Å². The zero-order chi connectivity index (χ0) is 11.5. The summed E-state index contributed by atoms with van der Waals surface area (Å²) in [5.74, 6) is 0.0449. The Kier molecular flexibility index (Phi) is 3.76. The molecule has 0 spiro atoms. The molecule has 0 aliphatic rings. The van der Waals surface area contributed by atoms with E-state index in [-0.39, 0.29) is 11.8 Å². The van der Waals surface area contributed by atoms with Crippen molar-refractivity contribution in [2.45, 2.75) is 26.3 Å². The van der Waals surface area contributed by atoms with Gasteiger partial charge in [0.1, 0.15) is 0 Å². The molecule has 1 atom stereocenters. The van der Waals surface area contributed by atoms with E-state index in [1.807, 2.05) is 20.8 Å². The molecule has 84 valence electrons. The molecular weight excluding hydrogens is 212 g/mol. The molecule has 0 aromatic carbocycles. The maximum Gasteiger partial charge on any atom is 0.273 e. The second-order valence-corrected chi connectivity index (χ2v) is 4.58. The lowest BCUT2D eigenvalue weighted by Crippen LogP contribution is -2.55. The predicted octanol–water partition coefficient (Wildman–Crippen LogP) is 0.641. The summed E-state index contributed by atoms with van der Waals surface area (Å²) >= 11 is 1.02. The molecule has 15 heavy (non-hydrogen) atoms. The van der Waals surface area contributed by atoms with Gasteiger partial charge in [0.15, 0.2) is 5.69 Å². The highest BCUT2D eigenvalue weighted by atomic mass is 32.1. The van der Waals surface area contributed by atoms with Gasteiger partial charge in [0.25, 0.3) is 5.91 Å². The first kappa shape index (κ1) is 12.1. The number of nitrogens with zero attached hydrogens (tertiary/aromatic N) is 2. The van der Waals surface area contributed by atoms with Crippen LogP contribution >= 0.6 is 11.7 Å². The third-order valence-electron chi connectivity index (χ3n) is 2.69. The van der Waals surface area contributed by atoms with Crippen LogP contribution in [0.25, 0.3) is 0 Å². The van der Waals surface area contributed by atoms with Gasteiger partial charge in [-0.05, 0) is 12.8 Å². The van der Waals surface area contributed by atoms with E-state index < -0.39 is 5.54 Å². The Labute approximate surface area is 93.4 Å². The summed E-state index contributed by atoms with van der Waals surface area (Å²) in [7, 11) is 0. The van der Waals surface area contributed by atoms with E-state index in [1.54, 1.807) is 0 Å². The van der Waals surface area contributed by atoms with Crippen LogP contribution in [0.2, 0.25) is 0 Å². The average Bonchev–Trinajstić information content (AvgIpc) is 2.70. The minimum absolute atomic E-state index is 0.217. The molecule has 0 saturated heterocycles. The number of hydrogen-bond acceptors (Lipinski definition) is 5. The van der Waals surface area contributed by atoms with Gasteiger partial charge in [-0.2, -0.15) is 8.75 Å². The Morgan fingerprint density at radius 3 is 2.80 bits per heavy atom. The maximum atomic E-state index is 11.7. The Morgan fingerprint density at radius 2 is 2.40 bits per heavy atom. The van der Waals surface area contributed by atoms with Crippen molar-refractivity contribution in [2.75, 3.05) is 6.54 Å². The van der Waals surface area contributed by atoms with Crippen molar-refractivity contribution in [2.24, 2.45) is 11.7 Å². The highest BCUT2D eigenvalue weighted by Crippen LogP contribution is 2.15. The first-order valence-corrected chi connectivity index (χ1v) is 5.53. The largest absolute Gasteiger partial charge is 0.344 e. The molecule has 0 radical (unpaired) electrons. The highest BCUT2D eigenvalue weighted by molar-refractivity contribution is 6.99. The van der Waals surface area contributed by atoms with E-state index in [1.165, 1.54) is 6.20 Å². The van der Waals surface area contributed by atoms with Crippen molar-refractivity contribution in [1.29, 1.82) is 0 Å². The molecule has 0 fully saturated rings. The SMILES string of the molecule is CC(C)C(C)(CN)NC(=O)c1cnsn1. The van der Waals surface area contributed by atoms with E-state index in [9.17, 15) is 4.79 Å². The van der Waals surface area contributed by atoms with Crippen molar-refractivity contribution in [3.8, 4) is 0 Å². The number of nitrogens with one attached hydrogen (secondary N) is 1. The van der Waals surface area contributed by atoms with Crippen molar-refractivity contribution in [1.82, 2.24) is 14.1 Å². The summed E-state index contributed by atoms with van der Waals surface area (Å²) in [6.07, 6.45) is 1.46. The van der Waals surface area contributed by atoms with Gasteiger partial charge < -0.3 is 11.1 Å². The fraction of sp³-hybridized carbons (Fsp3) is 0.667. The quantitative estimate of drug-likeness (QED) is 0.792. The van der Waals surface area contributed by atoms with Crippen molar-refractivity contribution in [3.63, 3.8) is 0 Å². The smallest absolute Gasteiger partial charge is 0.273 e. The van der Waals surface area contributed by atoms with Gasteiger partial charge in [-0.25, -0.2) is 0 Å². The number of aromatic nitrogens is 2. The second kappa shape index (κ2) is 4.67. The molecular formula is C9H16N4OS. The molecule has 1 rings (SSSR count). The van der Waals surface area contributed by atoms with Crippen LogP contribution < -0.4 is 11.1 Å². The van der Waals surface area contributed by atoms with Crippen LogP contribution in [-0.4, -0.2) is 26.7 Å². The Bertz CT molecular complexity index is 325. The molecule has 1 amide bonds. The van der Waals surface area contributed by atoms with Crippen LogP contribution in [0.15, 0.2) is 6.20 Å². The van der Waals surface area contributed by atoms with Gasteiger partial charge in [-0.3, -0.25) is 4.79 Å². The Balaban J connectivity index is 2.72. The zero-order valence-electron chi connectivity index (χ0n) is 9.15. The monoisotopic (exact) mass is 228 g/mol. The van der Waals surface area contributed by atoms with Gasteiger partial charge >= 0.3 is 0 Å². The zero-order valence-corrected chi connectivity index (χ0v) is 9.97. The fourth-order valence-corrected chi connectivity index (χ4v) is 1.43. The first-order chi connectivity index (χ1) is 6.99. The summed E-state index contributed by atoms with van der Waals surface area (Å²) in [5, 5.41) is 2.89. The minimum Gasteiger partial charge on any atom is -0.344 e. The summed E-state index contributed by atoms with van der Waals surface area (Å²) in [6.45, 7) is 6.36. The number of carbonyl (C=O) groups excluding carboxylic acids is 1. The second-order valence-electron chi connectivity index (χ2n) is 4.02. The molecule has 1 heterocycles. The summed E-state index contributed by atoms with van der Waals surface area (Å²) in [6, 6.07) is 0. The van der Waals surface area contributed by atoms with E-state index in [0.717, 1.165) is 11.7 Å². The number of nitrogens with two attached hydrogens (primary N) is 1. The third kappa shape index (κ3) is 2.73. The summed E-state index contributed by atoms with van der Waals surface area (Å²) in [4.78, 5) is 11.7. The van der Waals surface area contributed by atoms with E-state index in [2.05, 4.69) is 14.1 Å². The van der Waals surface area contributed by atoms with Crippen LogP contribution in [0.4, 0.5) is 0 Å². The molecule has 0 aliphatic carbocycles. The lowest BCUT2D eigenvalue weighted by Gasteiger charge is -2.33. The lowest BCUT2D eigenvalue weighted by molar-refractivity contribution is 0.0879. The number of amides is 1. The van der Waals surface area contributed by atoms with Crippen LogP contribution in [-0.2, 0) is 0 Å². The molecule has 0 aliphatic heterocycles. The van der Waals surface area contributed by atoms with Gasteiger partial charge in [-0.15, -0.1) is 0 Å². The van der Waals surface area contributed by atoms with Gasteiger partial charge in [-0.1, -0.05) is 13.8 Å². The highest BCUT2D eigenvalue weighted by Gasteiger charge is 2.29. The number of hydrogen-bond donors (Lipinski definition) is 2. The van der Waals surface area contributed by atoms with Gasteiger partial charge in [0.05, 0.1) is 23.5 Å². The van der Waals surface area contributed by atoms with E-state index >= 15 is 0 Å². The van der Waals surface area contributed by atoms with Crippen LogP contribution in [0.3, 0.4) is 0 Å². The molecule has 0 saturated carbocycles. The number of carbonyl (C=O) groups is 1. The summed E-state index contributed by atoms with van der Waals surface area (Å²) in [5.41, 5.74) is 5.61. The third-order valence-corrected chi connectivity index (χ3v) is 3.17. The molecule has 1 aromatic heterocycles. The van der Waals surface area contributed by atoms with Gasteiger partial charge in [0, 0.05) is 6.54 Å². The van der Waals surface area contributed by atoms with Crippen LogP contribution in [0.5, 0.6) is 0 Å². The first-order valence-electron chi connectivity index (χ1n) is 4.79. The average molecular weight is 228 g/mol. The van der Waals surface area contributed by atoms with E-state index in [0.29, 0.717) is 12.2 Å². The minimum atomic E-state index is -0.402. The van der Waals surface area contributed by atoms with Crippen LogP contribution in [0, 0.1) is 5.92 Å². The summed E-state index contributed by atoms with van der Waals surface area (Å²) < 4.78 is 7.65. The maximum absolute atomic E-state index is 11.7. The van der Waals surface area contributed by atoms with Crippen molar-refractivity contribution < 1.29 is 4.79 Å². The standard InChI is InChI=1S/C9H16N4OS/c1-6(2)9(3,5-10)12-8(14)7-4-11-15-13-7/h4,6H,5,10H2,1-3H3,(H,12,14). The molecule has 1 aromatic rings. The lowest BCUT2D eigenvalue weighted by atomic mass is 9.88. The fourth-order valence-electron chi connectivity index (χ4n) is 1.02. The Morgan fingerprint density at radius 1 is 1.73 bits per heavy atom. The molecule has 0 bridgehead atoms.